The summed E-state index contributed by atoms with van der Waals surface area (Å²) in [5.41, 5.74) is 0.927. The topological polar surface area (TPSA) is 30.2 Å². The van der Waals surface area contributed by atoms with Crippen LogP contribution in [0.3, 0.4) is 0 Å². The summed E-state index contributed by atoms with van der Waals surface area (Å²) in [6, 6.07) is 9.27. The van der Waals surface area contributed by atoms with Crippen LogP contribution in [0.15, 0.2) is 43.7 Å². The third kappa shape index (κ3) is 2.28. The van der Waals surface area contributed by atoms with Gasteiger partial charge in [0, 0.05) is 21.4 Å². The van der Waals surface area contributed by atoms with Crippen LogP contribution in [0.25, 0.3) is 11.3 Å². The first-order valence-electron chi connectivity index (χ1n) is 4.64. The van der Waals surface area contributed by atoms with Gasteiger partial charge in [0.05, 0.1) is 0 Å². The number of carbonyl (C=O) groups excluding carboxylic acids is 1. The first-order valence-corrected chi connectivity index (χ1v) is 6.23. The van der Waals surface area contributed by atoms with Crippen LogP contribution in [0.2, 0.25) is 0 Å². The second-order valence-electron chi connectivity index (χ2n) is 3.34. The molecule has 0 atom stereocenters. The van der Waals surface area contributed by atoms with Gasteiger partial charge in [-0.05, 0) is 46.3 Å². The van der Waals surface area contributed by atoms with Gasteiger partial charge in [-0.1, -0.05) is 15.9 Å². The molecule has 0 unspecified atom stereocenters. The zero-order valence-corrected chi connectivity index (χ0v) is 11.6. The average Bonchev–Trinajstić information content (AvgIpc) is 2.66. The van der Waals surface area contributed by atoms with E-state index in [4.69, 9.17) is 4.42 Å². The molecule has 4 heteroatoms. The maximum absolute atomic E-state index is 11.1. The minimum atomic E-state index is -0.0699. The van der Waals surface area contributed by atoms with Gasteiger partial charge in [0.15, 0.2) is 11.5 Å². The molecule has 0 aliphatic heterocycles. The minimum absolute atomic E-state index is 0.0699. The predicted octanol–water partition coefficient (Wildman–Crippen LogP) is 4.67. The molecule has 0 spiro atoms. The van der Waals surface area contributed by atoms with Crippen LogP contribution in [0.1, 0.15) is 17.5 Å². The maximum Gasteiger partial charge on any atom is 0.194 e. The van der Waals surface area contributed by atoms with Crippen molar-refractivity contribution in [1.29, 1.82) is 0 Å². The van der Waals surface area contributed by atoms with Gasteiger partial charge in [0.2, 0.25) is 0 Å². The van der Waals surface area contributed by atoms with Crippen molar-refractivity contribution >= 4 is 37.6 Å². The molecule has 1 heterocycles. The Morgan fingerprint density at radius 3 is 2.50 bits per heavy atom. The van der Waals surface area contributed by atoms with Crippen molar-refractivity contribution in [2.45, 2.75) is 6.92 Å². The van der Waals surface area contributed by atoms with E-state index in [1.807, 2.05) is 18.2 Å². The smallest absolute Gasteiger partial charge is 0.194 e. The average molecular weight is 344 g/mol. The Balaban J connectivity index is 2.46. The molecule has 0 radical (unpaired) electrons. The fraction of sp³-hybridized carbons (Fsp3) is 0.0833. The van der Waals surface area contributed by atoms with Gasteiger partial charge in [0.1, 0.15) is 5.76 Å². The number of rotatable bonds is 2. The lowest BCUT2D eigenvalue weighted by atomic mass is 10.2. The van der Waals surface area contributed by atoms with Crippen molar-refractivity contribution in [1.82, 2.24) is 0 Å². The number of halogens is 2. The van der Waals surface area contributed by atoms with Crippen LogP contribution >= 0.6 is 31.9 Å². The van der Waals surface area contributed by atoms with E-state index in [0.29, 0.717) is 11.5 Å². The van der Waals surface area contributed by atoms with Crippen LogP contribution in [-0.2, 0) is 0 Å². The van der Waals surface area contributed by atoms with Crippen molar-refractivity contribution in [2.75, 3.05) is 0 Å². The van der Waals surface area contributed by atoms with Gasteiger partial charge in [0.25, 0.3) is 0 Å². The lowest BCUT2D eigenvalue weighted by molar-refractivity contribution is 0.0988. The standard InChI is InChI=1S/C12H8Br2O2/c1-7(15)11-4-5-12(16-11)9-3-2-8(13)6-10(9)14/h2-6H,1H3. The lowest BCUT2D eigenvalue weighted by Crippen LogP contribution is -1.86. The van der Waals surface area contributed by atoms with Crippen LogP contribution < -0.4 is 0 Å². The zero-order chi connectivity index (χ0) is 11.7. The molecule has 2 aromatic rings. The van der Waals surface area contributed by atoms with E-state index in [-0.39, 0.29) is 5.78 Å². The van der Waals surface area contributed by atoms with Crippen LogP contribution in [0.4, 0.5) is 0 Å². The molecular formula is C12H8Br2O2. The molecule has 2 rings (SSSR count). The van der Waals surface area contributed by atoms with Gasteiger partial charge < -0.3 is 4.42 Å². The third-order valence-electron chi connectivity index (χ3n) is 2.15. The molecule has 0 fully saturated rings. The lowest BCUT2D eigenvalue weighted by Gasteiger charge is -2.01. The summed E-state index contributed by atoms with van der Waals surface area (Å²) in [6.07, 6.45) is 0. The first-order chi connectivity index (χ1) is 7.58. The van der Waals surface area contributed by atoms with Crippen LogP contribution in [0, 0.1) is 0 Å². The molecule has 2 nitrogen and oxygen atoms in total. The highest BCUT2D eigenvalue weighted by Crippen LogP contribution is 2.31. The van der Waals surface area contributed by atoms with Crippen molar-refractivity contribution < 1.29 is 9.21 Å². The van der Waals surface area contributed by atoms with E-state index in [1.165, 1.54) is 6.92 Å². The van der Waals surface area contributed by atoms with Gasteiger partial charge in [-0.15, -0.1) is 0 Å². The van der Waals surface area contributed by atoms with E-state index in [9.17, 15) is 4.79 Å². The number of benzene rings is 1. The Morgan fingerprint density at radius 2 is 1.94 bits per heavy atom. The molecule has 0 saturated heterocycles. The molecule has 0 saturated carbocycles. The normalized spacial score (nSPS) is 10.4. The summed E-state index contributed by atoms with van der Waals surface area (Å²) in [5.74, 6) is 0.994. The molecule has 1 aromatic carbocycles. The summed E-state index contributed by atoms with van der Waals surface area (Å²) < 4.78 is 7.37. The van der Waals surface area contributed by atoms with E-state index in [2.05, 4.69) is 31.9 Å². The molecule has 0 N–H and O–H groups in total. The largest absolute Gasteiger partial charge is 0.453 e. The van der Waals surface area contributed by atoms with Gasteiger partial charge in [-0.25, -0.2) is 0 Å². The van der Waals surface area contributed by atoms with E-state index in [1.54, 1.807) is 12.1 Å². The van der Waals surface area contributed by atoms with E-state index < -0.39 is 0 Å². The number of carbonyl (C=O) groups is 1. The molecule has 0 aliphatic carbocycles. The summed E-state index contributed by atoms with van der Waals surface area (Å²) in [5, 5.41) is 0. The van der Waals surface area contributed by atoms with Crippen LogP contribution in [0.5, 0.6) is 0 Å². The summed E-state index contributed by atoms with van der Waals surface area (Å²) in [6.45, 7) is 1.49. The SMILES string of the molecule is CC(=O)c1ccc(-c2ccc(Br)cc2Br)o1. The molecule has 1 aromatic heterocycles. The quantitative estimate of drug-likeness (QED) is 0.741. The highest BCUT2D eigenvalue weighted by Gasteiger charge is 2.10. The molecule has 0 bridgehead atoms. The van der Waals surface area contributed by atoms with Crippen LogP contribution in [-0.4, -0.2) is 5.78 Å². The summed E-state index contributed by atoms with van der Waals surface area (Å²) in [7, 11) is 0. The third-order valence-corrected chi connectivity index (χ3v) is 3.30. The molecule has 16 heavy (non-hydrogen) atoms. The molecular weight excluding hydrogens is 336 g/mol. The second-order valence-corrected chi connectivity index (χ2v) is 5.11. The number of ketones is 1. The zero-order valence-electron chi connectivity index (χ0n) is 8.46. The number of hydrogen-bond donors (Lipinski definition) is 0. The highest BCUT2D eigenvalue weighted by atomic mass is 79.9. The Bertz CT molecular complexity index is 544. The van der Waals surface area contributed by atoms with Gasteiger partial charge >= 0.3 is 0 Å². The summed E-state index contributed by atoms with van der Waals surface area (Å²) >= 11 is 6.84. The van der Waals surface area contributed by atoms with Gasteiger partial charge in [-0.3, -0.25) is 4.79 Å². The minimum Gasteiger partial charge on any atom is -0.453 e. The Hall–Kier alpha value is -0.870. The van der Waals surface area contributed by atoms with Gasteiger partial charge in [-0.2, -0.15) is 0 Å². The highest BCUT2D eigenvalue weighted by molar-refractivity contribution is 9.11. The summed E-state index contributed by atoms with van der Waals surface area (Å²) in [4.78, 5) is 11.1. The fourth-order valence-electron chi connectivity index (χ4n) is 1.36. The monoisotopic (exact) mass is 342 g/mol. The van der Waals surface area contributed by atoms with E-state index in [0.717, 1.165) is 14.5 Å². The predicted molar refractivity (Wildman–Crippen MR) is 69.5 cm³/mol. The maximum atomic E-state index is 11.1. The number of Topliss-reactive ketones (excluding diaryl/α,β-unsaturated/α-hetero) is 1. The molecule has 0 aliphatic rings. The van der Waals surface area contributed by atoms with Crippen molar-refractivity contribution in [2.24, 2.45) is 0 Å². The molecule has 0 amide bonds. The van der Waals surface area contributed by atoms with Crippen molar-refractivity contribution in [3.8, 4) is 11.3 Å². The second kappa shape index (κ2) is 4.55. The number of furan rings is 1. The van der Waals surface area contributed by atoms with Crippen molar-refractivity contribution in [3.05, 3.63) is 45.0 Å². The Morgan fingerprint density at radius 1 is 1.19 bits per heavy atom. The Kier molecular flexibility index (Phi) is 3.30. The van der Waals surface area contributed by atoms with Crippen molar-refractivity contribution in [3.63, 3.8) is 0 Å². The number of hydrogen-bond acceptors (Lipinski definition) is 2. The molecule has 82 valence electrons. The Labute approximate surface area is 110 Å². The fourth-order valence-corrected chi connectivity index (χ4v) is 2.60. The first kappa shape index (κ1) is 11.6. The van der Waals surface area contributed by atoms with E-state index >= 15 is 0 Å².